The van der Waals surface area contributed by atoms with E-state index in [1.54, 1.807) is 7.11 Å². The fraction of sp³-hybridized carbons (Fsp3) is 0.625. The van der Waals surface area contributed by atoms with Gasteiger partial charge < -0.3 is 10.1 Å². The van der Waals surface area contributed by atoms with Crippen LogP contribution in [0.2, 0.25) is 0 Å². The molecule has 1 fully saturated rings. The molecule has 2 nitrogen and oxygen atoms in total. The van der Waals surface area contributed by atoms with Gasteiger partial charge in [0.2, 0.25) is 0 Å². The molecular weight excluding hydrogens is 222 g/mol. The third-order valence-corrected chi connectivity index (χ3v) is 4.30. The molecule has 0 amide bonds. The highest BCUT2D eigenvalue weighted by Gasteiger charge is 2.53. The first-order valence-corrected chi connectivity index (χ1v) is 7.00. The number of rotatable bonds is 6. The highest BCUT2D eigenvalue weighted by Crippen LogP contribution is 2.56. The average Bonchev–Trinajstić information content (AvgIpc) is 3.11. The zero-order chi connectivity index (χ0) is 13.2. The summed E-state index contributed by atoms with van der Waals surface area (Å²) in [4.78, 5) is 0. The van der Waals surface area contributed by atoms with Crippen LogP contribution in [-0.2, 0) is 5.41 Å². The molecule has 0 aromatic heterocycles. The molecule has 1 aromatic rings. The second-order valence-corrected chi connectivity index (χ2v) is 5.70. The van der Waals surface area contributed by atoms with Gasteiger partial charge in [-0.15, -0.1) is 0 Å². The van der Waals surface area contributed by atoms with Crippen LogP contribution in [0, 0.1) is 5.92 Å². The fourth-order valence-electron chi connectivity index (χ4n) is 2.94. The van der Waals surface area contributed by atoms with Crippen molar-refractivity contribution in [3.8, 4) is 5.75 Å². The lowest BCUT2D eigenvalue weighted by Crippen LogP contribution is -2.27. The number of methoxy groups -OCH3 is 1. The Morgan fingerprint density at radius 2 is 2.00 bits per heavy atom. The van der Waals surface area contributed by atoms with Gasteiger partial charge in [0, 0.05) is 6.04 Å². The van der Waals surface area contributed by atoms with Crippen LogP contribution in [0.15, 0.2) is 24.3 Å². The fourth-order valence-corrected chi connectivity index (χ4v) is 2.94. The number of ether oxygens (including phenoxy) is 1. The van der Waals surface area contributed by atoms with Crippen LogP contribution in [0.1, 0.15) is 39.2 Å². The van der Waals surface area contributed by atoms with Crippen molar-refractivity contribution in [1.29, 1.82) is 0 Å². The van der Waals surface area contributed by atoms with Crippen LogP contribution in [0.3, 0.4) is 0 Å². The van der Waals surface area contributed by atoms with Crippen molar-refractivity contribution in [2.45, 2.75) is 45.1 Å². The standard InChI is InChI=1S/C16H25NO/c1-5-16(10-14(16)11-17-12(2)3)13-6-8-15(18-4)9-7-13/h6-9,12,14,17H,5,10-11H2,1-4H3. The van der Waals surface area contributed by atoms with Crippen molar-refractivity contribution in [1.82, 2.24) is 5.32 Å². The Bertz CT molecular complexity index is 385. The Balaban J connectivity index is 2.05. The smallest absolute Gasteiger partial charge is 0.118 e. The quantitative estimate of drug-likeness (QED) is 0.832. The third kappa shape index (κ3) is 2.54. The van der Waals surface area contributed by atoms with Gasteiger partial charge in [0.15, 0.2) is 0 Å². The maximum atomic E-state index is 5.23. The topological polar surface area (TPSA) is 21.3 Å². The van der Waals surface area contributed by atoms with E-state index in [1.807, 2.05) is 0 Å². The molecule has 0 bridgehead atoms. The first-order chi connectivity index (χ1) is 8.62. The van der Waals surface area contributed by atoms with Gasteiger partial charge in [0.05, 0.1) is 7.11 Å². The minimum Gasteiger partial charge on any atom is -0.497 e. The molecule has 100 valence electrons. The molecule has 1 aliphatic carbocycles. The normalized spacial score (nSPS) is 26.4. The third-order valence-electron chi connectivity index (χ3n) is 4.30. The Labute approximate surface area is 111 Å². The minimum absolute atomic E-state index is 0.411. The van der Waals surface area contributed by atoms with Gasteiger partial charge in [-0.2, -0.15) is 0 Å². The summed E-state index contributed by atoms with van der Waals surface area (Å²) in [5.41, 5.74) is 1.88. The van der Waals surface area contributed by atoms with Crippen molar-refractivity contribution in [3.05, 3.63) is 29.8 Å². The van der Waals surface area contributed by atoms with E-state index in [2.05, 4.69) is 50.4 Å². The van der Waals surface area contributed by atoms with Crippen molar-refractivity contribution >= 4 is 0 Å². The summed E-state index contributed by atoms with van der Waals surface area (Å²) in [6.07, 6.45) is 2.54. The van der Waals surface area contributed by atoms with E-state index in [1.165, 1.54) is 18.4 Å². The van der Waals surface area contributed by atoms with Gasteiger partial charge in [-0.3, -0.25) is 0 Å². The Hall–Kier alpha value is -1.02. The van der Waals surface area contributed by atoms with Gasteiger partial charge in [-0.1, -0.05) is 32.9 Å². The van der Waals surface area contributed by atoms with E-state index in [-0.39, 0.29) is 0 Å². The summed E-state index contributed by atoms with van der Waals surface area (Å²) in [6.45, 7) is 7.86. The Morgan fingerprint density at radius 1 is 1.33 bits per heavy atom. The van der Waals surface area contributed by atoms with Crippen LogP contribution < -0.4 is 10.1 Å². The van der Waals surface area contributed by atoms with Crippen molar-refractivity contribution in [2.75, 3.05) is 13.7 Å². The Kier molecular flexibility index (Phi) is 3.96. The van der Waals surface area contributed by atoms with E-state index in [0.717, 1.165) is 18.2 Å². The van der Waals surface area contributed by atoms with E-state index >= 15 is 0 Å². The first kappa shape index (κ1) is 13.4. The zero-order valence-corrected chi connectivity index (χ0v) is 12.0. The lowest BCUT2D eigenvalue weighted by molar-refractivity contribution is 0.414. The number of hydrogen-bond donors (Lipinski definition) is 1. The number of benzene rings is 1. The SMILES string of the molecule is CCC1(c2ccc(OC)cc2)CC1CNC(C)C. The lowest BCUT2D eigenvalue weighted by atomic mass is 9.90. The molecule has 0 saturated heterocycles. The molecular formula is C16H25NO. The summed E-state index contributed by atoms with van der Waals surface area (Å²) < 4.78 is 5.23. The summed E-state index contributed by atoms with van der Waals surface area (Å²) in [5, 5.41) is 3.56. The maximum Gasteiger partial charge on any atom is 0.118 e. The van der Waals surface area contributed by atoms with Crippen LogP contribution in [0.25, 0.3) is 0 Å². The second kappa shape index (κ2) is 5.31. The molecule has 2 rings (SSSR count). The van der Waals surface area contributed by atoms with Gasteiger partial charge in [-0.25, -0.2) is 0 Å². The van der Waals surface area contributed by atoms with Gasteiger partial charge >= 0.3 is 0 Å². The summed E-state index contributed by atoms with van der Waals surface area (Å²) in [6, 6.07) is 9.21. The van der Waals surface area contributed by atoms with Crippen molar-refractivity contribution in [2.24, 2.45) is 5.92 Å². The van der Waals surface area contributed by atoms with Crippen molar-refractivity contribution < 1.29 is 4.74 Å². The molecule has 1 aromatic carbocycles. The van der Waals surface area contributed by atoms with Gasteiger partial charge in [-0.05, 0) is 48.4 Å². The predicted octanol–water partition coefficient (Wildman–Crippen LogP) is 3.36. The van der Waals surface area contributed by atoms with Gasteiger partial charge in [0.25, 0.3) is 0 Å². The number of hydrogen-bond acceptors (Lipinski definition) is 2. The lowest BCUT2D eigenvalue weighted by Gasteiger charge is -2.17. The number of nitrogens with one attached hydrogen (secondary N) is 1. The monoisotopic (exact) mass is 247 g/mol. The van der Waals surface area contributed by atoms with Crippen LogP contribution in [0.5, 0.6) is 5.75 Å². The maximum absolute atomic E-state index is 5.23. The van der Waals surface area contributed by atoms with E-state index < -0.39 is 0 Å². The Morgan fingerprint density at radius 3 is 2.50 bits per heavy atom. The molecule has 0 radical (unpaired) electrons. The molecule has 2 atom stereocenters. The average molecular weight is 247 g/mol. The van der Waals surface area contributed by atoms with Gasteiger partial charge in [0.1, 0.15) is 5.75 Å². The summed E-state index contributed by atoms with van der Waals surface area (Å²) in [7, 11) is 1.72. The highest BCUT2D eigenvalue weighted by atomic mass is 16.5. The van der Waals surface area contributed by atoms with Crippen LogP contribution in [0.4, 0.5) is 0 Å². The molecule has 1 saturated carbocycles. The zero-order valence-electron chi connectivity index (χ0n) is 12.0. The molecule has 1 N–H and O–H groups in total. The van der Waals surface area contributed by atoms with Crippen molar-refractivity contribution in [3.63, 3.8) is 0 Å². The minimum atomic E-state index is 0.411. The van der Waals surface area contributed by atoms with Crippen LogP contribution >= 0.6 is 0 Å². The van der Waals surface area contributed by atoms with E-state index in [0.29, 0.717) is 11.5 Å². The largest absolute Gasteiger partial charge is 0.497 e. The molecule has 18 heavy (non-hydrogen) atoms. The molecule has 0 aliphatic heterocycles. The van der Waals surface area contributed by atoms with E-state index in [4.69, 9.17) is 4.74 Å². The molecule has 0 spiro atoms. The first-order valence-electron chi connectivity index (χ1n) is 7.00. The van der Waals surface area contributed by atoms with Crippen LogP contribution in [-0.4, -0.2) is 19.7 Å². The summed E-state index contributed by atoms with van der Waals surface area (Å²) >= 11 is 0. The predicted molar refractivity (Wildman–Crippen MR) is 76.2 cm³/mol. The molecule has 2 heteroatoms. The summed E-state index contributed by atoms with van der Waals surface area (Å²) in [5.74, 6) is 1.74. The molecule has 1 aliphatic rings. The van der Waals surface area contributed by atoms with E-state index in [9.17, 15) is 0 Å². The molecule has 0 heterocycles. The molecule has 2 unspecified atom stereocenters. The second-order valence-electron chi connectivity index (χ2n) is 5.70. The highest BCUT2D eigenvalue weighted by molar-refractivity contribution is 5.37.